The standard InChI is InChI=1S/C8H9.ClH.Zn/c1-2-8-6-4-3-5-7-8;;/h3-7H,1-2H2;1H;/p-1. The third-order valence-electron chi connectivity index (χ3n) is 1.13. The van der Waals surface area contributed by atoms with Gasteiger partial charge in [-0.05, 0) is 18.9 Å². The zero-order valence-corrected chi connectivity index (χ0v) is 9.61. The quantitative estimate of drug-likeness (QED) is 0.520. The van der Waals surface area contributed by atoms with Crippen molar-refractivity contribution in [1.29, 1.82) is 0 Å². The van der Waals surface area contributed by atoms with Crippen LogP contribution in [-0.4, -0.2) is 0 Å². The Morgan fingerprint density at radius 2 is 1.60 bits per heavy atom. The minimum atomic E-state index is 0. The molecule has 0 saturated carbocycles. The van der Waals surface area contributed by atoms with Gasteiger partial charge in [-0.25, -0.2) is 0 Å². The van der Waals surface area contributed by atoms with Crippen molar-refractivity contribution in [1.82, 2.24) is 0 Å². The molecule has 2 heteroatoms. The fourth-order valence-corrected chi connectivity index (χ4v) is 0.645. The van der Waals surface area contributed by atoms with E-state index in [0.717, 1.165) is 6.42 Å². The Morgan fingerprint density at radius 1 is 1.10 bits per heavy atom. The van der Waals surface area contributed by atoms with Crippen LogP contribution >= 0.6 is 0 Å². The summed E-state index contributed by atoms with van der Waals surface area (Å²) in [7, 11) is 0. The van der Waals surface area contributed by atoms with E-state index in [2.05, 4.69) is 19.1 Å². The Labute approximate surface area is 81.2 Å². The number of halogens is 1. The molecule has 0 aliphatic carbocycles. The zero-order chi connectivity index (χ0) is 5.82. The zero-order valence-electron chi connectivity index (χ0n) is 5.89. The first-order valence-corrected chi connectivity index (χ1v) is 2.76. The molecule has 0 N–H and O–H groups in total. The smallest absolute Gasteiger partial charge is 0 e. The summed E-state index contributed by atoms with van der Waals surface area (Å²) < 4.78 is 0. The molecule has 10 heavy (non-hydrogen) atoms. The molecule has 0 aromatic heterocycles. The second-order valence-electron chi connectivity index (χ2n) is 1.74. The summed E-state index contributed by atoms with van der Waals surface area (Å²) >= 11 is 0. The topological polar surface area (TPSA) is 0 Å². The Hall–Kier alpha value is 0.133. The van der Waals surface area contributed by atoms with Crippen LogP contribution in [0.4, 0.5) is 0 Å². The van der Waals surface area contributed by atoms with Gasteiger partial charge in [-0.3, -0.25) is 0 Å². The van der Waals surface area contributed by atoms with E-state index in [1.165, 1.54) is 5.56 Å². The van der Waals surface area contributed by atoms with Gasteiger partial charge in [0.2, 0.25) is 0 Å². The molecule has 0 heterocycles. The largest absolute Gasteiger partial charge is 1.00 e. The van der Waals surface area contributed by atoms with Crippen molar-refractivity contribution in [2.75, 3.05) is 0 Å². The van der Waals surface area contributed by atoms with Gasteiger partial charge in [-0.15, -0.1) is 0 Å². The molecule has 0 bridgehead atoms. The van der Waals surface area contributed by atoms with Crippen LogP contribution in [0.2, 0.25) is 0 Å². The summed E-state index contributed by atoms with van der Waals surface area (Å²) in [6.07, 6.45) is 0.890. The summed E-state index contributed by atoms with van der Waals surface area (Å²) in [5.41, 5.74) is 1.30. The fraction of sp³-hybridized carbons (Fsp3) is 0.125. The van der Waals surface area contributed by atoms with E-state index < -0.39 is 0 Å². The number of rotatable bonds is 1. The molecule has 0 aliphatic heterocycles. The van der Waals surface area contributed by atoms with E-state index in [4.69, 9.17) is 0 Å². The van der Waals surface area contributed by atoms with E-state index in [1.54, 1.807) is 0 Å². The van der Waals surface area contributed by atoms with Crippen LogP contribution in [0.5, 0.6) is 0 Å². The molecule has 0 fully saturated rings. The summed E-state index contributed by atoms with van der Waals surface area (Å²) in [6, 6.07) is 10.2. The maximum atomic E-state index is 3.76. The first kappa shape index (κ1) is 12.8. The molecule has 0 amide bonds. The molecule has 0 nitrogen and oxygen atoms in total. The van der Waals surface area contributed by atoms with Gasteiger partial charge in [0.05, 0.1) is 0 Å². The molecule has 1 radical (unpaired) electrons. The first-order chi connectivity index (χ1) is 3.93. The maximum absolute atomic E-state index is 3.76. The predicted octanol–water partition coefficient (Wildman–Crippen LogP) is -0.935. The third kappa shape index (κ3) is 4.03. The molecular weight excluding hydrogens is 197 g/mol. The van der Waals surface area contributed by atoms with Crippen LogP contribution in [-0.2, 0) is 25.9 Å². The molecule has 0 atom stereocenters. The minimum Gasteiger partial charge on any atom is -1.00 e. The average Bonchev–Trinajstić information content (AvgIpc) is 1.90. The van der Waals surface area contributed by atoms with Crippen molar-refractivity contribution in [3.63, 3.8) is 0 Å². The van der Waals surface area contributed by atoms with Crippen LogP contribution in [0.1, 0.15) is 5.56 Å². The predicted molar refractivity (Wildman–Crippen MR) is 35.5 cm³/mol. The second kappa shape index (κ2) is 7.24. The number of benzene rings is 1. The molecule has 0 spiro atoms. The van der Waals surface area contributed by atoms with Gasteiger partial charge < -0.3 is 12.4 Å². The second-order valence-corrected chi connectivity index (χ2v) is 1.74. The van der Waals surface area contributed by atoms with Crippen molar-refractivity contribution in [2.24, 2.45) is 0 Å². The Kier molecular flexibility index (Phi) is 9.26. The van der Waals surface area contributed by atoms with Crippen LogP contribution in [0.25, 0.3) is 0 Å². The summed E-state index contributed by atoms with van der Waals surface area (Å²) in [5.74, 6) is 0. The molecule has 1 rings (SSSR count). The minimum absolute atomic E-state index is 0. The van der Waals surface area contributed by atoms with Crippen molar-refractivity contribution >= 4 is 0 Å². The number of hydrogen-bond acceptors (Lipinski definition) is 0. The summed E-state index contributed by atoms with van der Waals surface area (Å²) in [4.78, 5) is 0. The fourth-order valence-electron chi connectivity index (χ4n) is 0.645. The Balaban J connectivity index is 0. The molecule has 51 valence electrons. The van der Waals surface area contributed by atoms with E-state index in [1.807, 2.05) is 18.2 Å². The maximum Gasteiger partial charge on any atom is 0 e. The van der Waals surface area contributed by atoms with Crippen molar-refractivity contribution in [2.45, 2.75) is 6.42 Å². The first-order valence-electron chi connectivity index (χ1n) is 2.76. The van der Waals surface area contributed by atoms with Gasteiger partial charge in [0.1, 0.15) is 0 Å². The van der Waals surface area contributed by atoms with E-state index >= 15 is 0 Å². The summed E-state index contributed by atoms with van der Waals surface area (Å²) in [6.45, 7) is 3.76. The molecule has 1 aromatic carbocycles. The summed E-state index contributed by atoms with van der Waals surface area (Å²) in [5, 5.41) is 0. The van der Waals surface area contributed by atoms with Crippen LogP contribution < -0.4 is 12.4 Å². The van der Waals surface area contributed by atoms with Gasteiger partial charge in [-0.2, -0.15) is 0 Å². The molecule has 1 aromatic rings. The third-order valence-corrected chi connectivity index (χ3v) is 1.13. The SMILES string of the molecule is [CH2]Cc1ccccc1.[Cl-].[Zn]. The van der Waals surface area contributed by atoms with Crippen LogP contribution in [0.3, 0.4) is 0 Å². The Morgan fingerprint density at radius 3 is 1.90 bits per heavy atom. The van der Waals surface area contributed by atoms with E-state index in [-0.39, 0.29) is 31.9 Å². The monoisotopic (exact) mass is 204 g/mol. The van der Waals surface area contributed by atoms with Crippen molar-refractivity contribution < 1.29 is 31.9 Å². The molecular formula is C8H9ClZn-. The normalized spacial score (nSPS) is 7.30. The molecule has 0 unspecified atom stereocenters. The Bertz CT molecular complexity index is 151. The van der Waals surface area contributed by atoms with Crippen LogP contribution in [0.15, 0.2) is 30.3 Å². The number of hydrogen-bond donors (Lipinski definition) is 0. The molecule has 0 saturated heterocycles. The van der Waals surface area contributed by atoms with Gasteiger partial charge in [0.15, 0.2) is 0 Å². The van der Waals surface area contributed by atoms with Crippen molar-refractivity contribution in [3.8, 4) is 0 Å². The average molecular weight is 206 g/mol. The van der Waals surface area contributed by atoms with Gasteiger partial charge >= 0.3 is 0 Å². The van der Waals surface area contributed by atoms with E-state index in [9.17, 15) is 0 Å². The van der Waals surface area contributed by atoms with E-state index in [0.29, 0.717) is 0 Å². The molecule has 0 aliphatic rings. The van der Waals surface area contributed by atoms with Gasteiger partial charge in [0, 0.05) is 19.5 Å². The van der Waals surface area contributed by atoms with Crippen LogP contribution in [0, 0.1) is 6.92 Å². The van der Waals surface area contributed by atoms with Gasteiger partial charge in [-0.1, -0.05) is 30.3 Å². The van der Waals surface area contributed by atoms with Gasteiger partial charge in [0.25, 0.3) is 0 Å². The van der Waals surface area contributed by atoms with Crippen molar-refractivity contribution in [3.05, 3.63) is 42.8 Å².